The van der Waals surface area contributed by atoms with E-state index in [9.17, 15) is 4.79 Å². The second-order valence-corrected chi connectivity index (χ2v) is 6.32. The molecule has 3 aromatic rings. The molecule has 0 spiro atoms. The average molecular weight is 380 g/mol. The molecule has 0 aliphatic rings. The predicted octanol–water partition coefficient (Wildman–Crippen LogP) is 3.90. The summed E-state index contributed by atoms with van der Waals surface area (Å²) < 4.78 is 6.94. The van der Waals surface area contributed by atoms with Crippen LogP contribution in [0.1, 0.15) is 28.4 Å². The van der Waals surface area contributed by atoms with Gasteiger partial charge >= 0.3 is 5.97 Å². The third-order valence-corrected chi connectivity index (χ3v) is 4.11. The van der Waals surface area contributed by atoms with Crippen LogP contribution in [0, 0.1) is 11.8 Å². The fraction of sp³-hybridized carbons (Fsp3) is 0.143. The minimum atomic E-state index is -0.427. The molecule has 2 N–H and O–H groups in total. The molecule has 1 aromatic heterocycles. The molecule has 5 nitrogen and oxygen atoms in total. The van der Waals surface area contributed by atoms with Crippen molar-refractivity contribution in [3.63, 3.8) is 0 Å². The van der Waals surface area contributed by atoms with Crippen LogP contribution in [0.2, 0.25) is 5.02 Å². The van der Waals surface area contributed by atoms with E-state index < -0.39 is 5.97 Å². The van der Waals surface area contributed by atoms with Crippen molar-refractivity contribution in [1.82, 2.24) is 9.55 Å². The van der Waals surface area contributed by atoms with E-state index in [4.69, 9.17) is 22.1 Å². The molecule has 27 heavy (non-hydrogen) atoms. The van der Waals surface area contributed by atoms with Gasteiger partial charge in [-0.1, -0.05) is 23.4 Å². The Kier molecular flexibility index (Phi) is 5.49. The molecular weight excluding hydrogens is 362 g/mol. The van der Waals surface area contributed by atoms with Crippen LogP contribution in [0.4, 0.5) is 5.69 Å². The number of hydrogen-bond acceptors (Lipinski definition) is 4. The van der Waals surface area contributed by atoms with Crippen molar-refractivity contribution in [2.24, 2.45) is 7.05 Å². The Labute approximate surface area is 162 Å². The summed E-state index contributed by atoms with van der Waals surface area (Å²) in [6.45, 7) is 2.05. The highest BCUT2D eigenvalue weighted by Gasteiger charge is 2.15. The molecule has 0 bridgehead atoms. The number of aryl methyl sites for hydroxylation is 1. The lowest BCUT2D eigenvalue weighted by molar-refractivity contribution is 0.0526. The first-order chi connectivity index (χ1) is 13.0. The molecule has 136 valence electrons. The van der Waals surface area contributed by atoms with Gasteiger partial charge in [-0.05, 0) is 43.3 Å². The van der Waals surface area contributed by atoms with Crippen molar-refractivity contribution >= 4 is 23.3 Å². The fourth-order valence-corrected chi connectivity index (χ4v) is 2.65. The van der Waals surface area contributed by atoms with Crippen LogP contribution in [-0.2, 0) is 11.8 Å². The summed E-state index contributed by atoms with van der Waals surface area (Å²) in [5.74, 6) is 5.66. The minimum absolute atomic E-state index is 0.286. The van der Waals surface area contributed by atoms with Crippen molar-refractivity contribution in [3.05, 3.63) is 70.6 Å². The maximum atomic E-state index is 12.3. The quantitative estimate of drug-likeness (QED) is 0.425. The fourth-order valence-electron chi connectivity index (χ4n) is 2.53. The SMILES string of the molecule is CCOC(=O)c1cc(C#Cc2ccc(Cl)cc2)c(N)c(-c2cn(C)cn2)c1. The second kappa shape index (κ2) is 7.98. The largest absolute Gasteiger partial charge is 0.462 e. The maximum absolute atomic E-state index is 12.3. The van der Waals surface area contributed by atoms with E-state index >= 15 is 0 Å². The smallest absolute Gasteiger partial charge is 0.338 e. The number of anilines is 1. The lowest BCUT2D eigenvalue weighted by atomic mass is 10.0. The van der Waals surface area contributed by atoms with E-state index in [1.54, 1.807) is 37.5 Å². The van der Waals surface area contributed by atoms with E-state index in [1.807, 2.05) is 29.9 Å². The third-order valence-electron chi connectivity index (χ3n) is 3.86. The third kappa shape index (κ3) is 4.30. The number of esters is 1. The van der Waals surface area contributed by atoms with E-state index in [-0.39, 0.29) is 6.61 Å². The summed E-state index contributed by atoms with van der Waals surface area (Å²) in [4.78, 5) is 16.6. The van der Waals surface area contributed by atoms with Crippen LogP contribution in [0.5, 0.6) is 0 Å². The van der Waals surface area contributed by atoms with Gasteiger partial charge in [0, 0.05) is 35.0 Å². The lowest BCUT2D eigenvalue weighted by Crippen LogP contribution is -2.07. The zero-order valence-corrected chi connectivity index (χ0v) is 15.7. The molecule has 0 saturated carbocycles. The van der Waals surface area contributed by atoms with Gasteiger partial charge in [0.25, 0.3) is 0 Å². The topological polar surface area (TPSA) is 70.1 Å². The Morgan fingerprint density at radius 2 is 2.00 bits per heavy atom. The molecule has 0 fully saturated rings. The Bertz CT molecular complexity index is 1040. The van der Waals surface area contributed by atoms with Crippen LogP contribution in [0.25, 0.3) is 11.3 Å². The molecular formula is C21H18ClN3O2. The molecule has 2 aromatic carbocycles. The number of ether oxygens (including phenoxy) is 1. The van der Waals surface area contributed by atoms with Gasteiger partial charge in [0.2, 0.25) is 0 Å². The molecule has 0 unspecified atom stereocenters. The van der Waals surface area contributed by atoms with Gasteiger partial charge in [-0.2, -0.15) is 0 Å². The molecule has 6 heteroatoms. The van der Waals surface area contributed by atoms with E-state index in [0.717, 1.165) is 5.56 Å². The zero-order valence-electron chi connectivity index (χ0n) is 15.0. The van der Waals surface area contributed by atoms with Crippen molar-refractivity contribution < 1.29 is 9.53 Å². The van der Waals surface area contributed by atoms with Crippen LogP contribution in [-0.4, -0.2) is 22.1 Å². The molecule has 0 saturated heterocycles. The van der Waals surface area contributed by atoms with Crippen LogP contribution in [0.15, 0.2) is 48.9 Å². The first-order valence-corrected chi connectivity index (χ1v) is 8.72. The molecule has 0 aliphatic heterocycles. The summed E-state index contributed by atoms with van der Waals surface area (Å²) >= 11 is 5.90. The van der Waals surface area contributed by atoms with Crippen LogP contribution < -0.4 is 5.73 Å². The van der Waals surface area contributed by atoms with Gasteiger partial charge in [-0.3, -0.25) is 0 Å². The summed E-state index contributed by atoms with van der Waals surface area (Å²) in [6.07, 6.45) is 3.50. The number of carbonyl (C=O) groups is 1. The Morgan fingerprint density at radius 1 is 1.26 bits per heavy atom. The molecule has 0 aliphatic carbocycles. The maximum Gasteiger partial charge on any atom is 0.338 e. The van der Waals surface area contributed by atoms with Gasteiger partial charge in [0.1, 0.15) is 0 Å². The van der Waals surface area contributed by atoms with Gasteiger partial charge < -0.3 is 15.0 Å². The van der Waals surface area contributed by atoms with Crippen molar-refractivity contribution in [1.29, 1.82) is 0 Å². The number of hydrogen-bond donors (Lipinski definition) is 1. The molecule has 0 atom stereocenters. The molecule has 1 heterocycles. The number of nitrogens with zero attached hydrogens (tertiary/aromatic N) is 2. The number of nitrogen functional groups attached to an aromatic ring is 1. The second-order valence-electron chi connectivity index (χ2n) is 5.89. The van der Waals surface area contributed by atoms with Gasteiger partial charge in [0.05, 0.1) is 29.9 Å². The number of benzene rings is 2. The highest BCUT2D eigenvalue weighted by molar-refractivity contribution is 6.30. The van der Waals surface area contributed by atoms with Crippen molar-refractivity contribution in [2.75, 3.05) is 12.3 Å². The normalized spacial score (nSPS) is 10.2. The van der Waals surface area contributed by atoms with Crippen molar-refractivity contribution in [2.45, 2.75) is 6.92 Å². The molecule has 0 radical (unpaired) electrons. The van der Waals surface area contributed by atoms with Gasteiger partial charge in [-0.15, -0.1) is 0 Å². The monoisotopic (exact) mass is 379 g/mol. The highest BCUT2D eigenvalue weighted by Crippen LogP contribution is 2.29. The number of imidazole rings is 1. The first kappa shape index (κ1) is 18.6. The summed E-state index contributed by atoms with van der Waals surface area (Å²) in [5, 5.41) is 0.641. The standard InChI is InChI=1S/C21H18ClN3O2/c1-3-27-21(26)16-10-15(7-4-14-5-8-17(22)9-6-14)20(23)18(11-16)19-12-25(2)13-24-19/h5-6,8-13H,3,23H2,1-2H3. The predicted molar refractivity (Wildman–Crippen MR) is 106 cm³/mol. The zero-order chi connectivity index (χ0) is 19.4. The first-order valence-electron chi connectivity index (χ1n) is 8.34. The Morgan fingerprint density at radius 3 is 2.63 bits per heavy atom. The lowest BCUT2D eigenvalue weighted by Gasteiger charge is -2.09. The van der Waals surface area contributed by atoms with Gasteiger partial charge in [0.15, 0.2) is 0 Å². The average Bonchev–Trinajstić information content (AvgIpc) is 3.08. The number of carbonyl (C=O) groups excluding carboxylic acids is 1. The summed E-state index contributed by atoms with van der Waals surface area (Å²) in [5.41, 5.74) is 9.81. The van der Waals surface area contributed by atoms with Crippen LogP contribution >= 0.6 is 11.6 Å². The Hall–Kier alpha value is -3.23. The van der Waals surface area contributed by atoms with E-state index in [0.29, 0.717) is 33.1 Å². The van der Waals surface area contributed by atoms with Crippen molar-refractivity contribution in [3.8, 4) is 23.1 Å². The number of aromatic nitrogens is 2. The number of nitrogens with two attached hydrogens (primary N) is 1. The highest BCUT2D eigenvalue weighted by atomic mass is 35.5. The number of halogens is 1. The van der Waals surface area contributed by atoms with E-state index in [1.165, 1.54) is 0 Å². The minimum Gasteiger partial charge on any atom is -0.462 e. The van der Waals surface area contributed by atoms with Gasteiger partial charge in [-0.25, -0.2) is 9.78 Å². The Balaban J connectivity index is 2.10. The molecule has 3 rings (SSSR count). The summed E-state index contributed by atoms with van der Waals surface area (Å²) in [7, 11) is 1.86. The number of rotatable bonds is 3. The van der Waals surface area contributed by atoms with Crippen LogP contribution in [0.3, 0.4) is 0 Å². The summed E-state index contributed by atoms with van der Waals surface area (Å²) in [6, 6.07) is 10.5. The van der Waals surface area contributed by atoms with E-state index in [2.05, 4.69) is 16.8 Å². The molecule has 0 amide bonds.